The Morgan fingerprint density at radius 3 is 2.33 bits per heavy atom. The number of aromatic nitrogens is 2. The average molecular weight is 284 g/mol. The van der Waals surface area contributed by atoms with Crippen molar-refractivity contribution in [3.63, 3.8) is 0 Å². The van der Waals surface area contributed by atoms with Crippen LogP contribution in [0.15, 0.2) is 30.6 Å². The highest BCUT2D eigenvalue weighted by Crippen LogP contribution is 2.22. The largest absolute Gasteiger partial charge is 0.352 e. The number of hydrogen-bond acceptors (Lipinski definition) is 4. The second kappa shape index (κ2) is 6.83. The minimum Gasteiger partial charge on any atom is -0.352 e. The summed E-state index contributed by atoms with van der Waals surface area (Å²) >= 11 is 0. The molecule has 0 aliphatic carbocycles. The maximum atomic E-state index is 11.8. The normalized spacial score (nSPS) is 10.2. The molecule has 0 atom stereocenters. The summed E-state index contributed by atoms with van der Waals surface area (Å²) in [6, 6.07) is 6.07. The van der Waals surface area contributed by atoms with Crippen molar-refractivity contribution in [3.8, 4) is 0 Å². The summed E-state index contributed by atoms with van der Waals surface area (Å²) in [5, 5.41) is 5.99. The Morgan fingerprint density at radius 1 is 1.14 bits per heavy atom. The van der Waals surface area contributed by atoms with E-state index in [0.29, 0.717) is 18.1 Å². The SMILES string of the molecule is CCCNC(=O)c1cnc(Nc2c(C)cccc2C)nc1. The van der Waals surface area contributed by atoms with Gasteiger partial charge in [0.1, 0.15) is 0 Å². The highest BCUT2D eigenvalue weighted by Gasteiger charge is 2.08. The van der Waals surface area contributed by atoms with E-state index in [9.17, 15) is 4.79 Å². The fourth-order valence-corrected chi connectivity index (χ4v) is 1.97. The molecule has 1 aromatic carbocycles. The molecule has 0 bridgehead atoms. The minimum absolute atomic E-state index is 0.143. The molecule has 110 valence electrons. The predicted molar refractivity (Wildman–Crippen MR) is 83.9 cm³/mol. The van der Waals surface area contributed by atoms with Crippen molar-refractivity contribution in [2.24, 2.45) is 0 Å². The minimum atomic E-state index is -0.143. The van der Waals surface area contributed by atoms with E-state index >= 15 is 0 Å². The number of aryl methyl sites for hydroxylation is 2. The van der Waals surface area contributed by atoms with Gasteiger partial charge in [0.15, 0.2) is 0 Å². The topological polar surface area (TPSA) is 66.9 Å². The number of amides is 1. The Kier molecular flexibility index (Phi) is 4.87. The number of para-hydroxylation sites is 1. The third-order valence-corrected chi connectivity index (χ3v) is 3.17. The lowest BCUT2D eigenvalue weighted by Gasteiger charge is -2.11. The van der Waals surface area contributed by atoms with Crippen LogP contribution in [0.2, 0.25) is 0 Å². The molecule has 1 heterocycles. The van der Waals surface area contributed by atoms with E-state index in [0.717, 1.165) is 23.2 Å². The smallest absolute Gasteiger partial charge is 0.254 e. The predicted octanol–water partition coefficient (Wildman–Crippen LogP) is 2.98. The number of carbonyl (C=O) groups excluding carboxylic acids is 1. The van der Waals surface area contributed by atoms with E-state index in [2.05, 4.69) is 20.6 Å². The Morgan fingerprint density at radius 2 is 1.76 bits per heavy atom. The van der Waals surface area contributed by atoms with Crippen LogP contribution >= 0.6 is 0 Å². The molecule has 0 aliphatic rings. The summed E-state index contributed by atoms with van der Waals surface area (Å²) in [4.78, 5) is 20.2. The molecular weight excluding hydrogens is 264 g/mol. The maximum absolute atomic E-state index is 11.8. The van der Waals surface area contributed by atoms with Crippen LogP contribution in [0.25, 0.3) is 0 Å². The number of nitrogens with zero attached hydrogens (tertiary/aromatic N) is 2. The molecule has 2 N–H and O–H groups in total. The van der Waals surface area contributed by atoms with E-state index < -0.39 is 0 Å². The van der Waals surface area contributed by atoms with Crippen LogP contribution in [0.1, 0.15) is 34.8 Å². The molecule has 0 radical (unpaired) electrons. The number of benzene rings is 1. The Hall–Kier alpha value is -2.43. The zero-order valence-electron chi connectivity index (χ0n) is 12.6. The van der Waals surface area contributed by atoms with Crippen molar-refractivity contribution in [2.45, 2.75) is 27.2 Å². The van der Waals surface area contributed by atoms with Gasteiger partial charge in [-0.25, -0.2) is 9.97 Å². The molecule has 1 amide bonds. The standard InChI is InChI=1S/C16H20N4O/c1-4-8-17-15(21)13-9-18-16(19-10-13)20-14-11(2)6-5-7-12(14)3/h5-7,9-10H,4,8H2,1-3H3,(H,17,21)(H,18,19,20). The lowest BCUT2D eigenvalue weighted by atomic mass is 10.1. The number of hydrogen-bond donors (Lipinski definition) is 2. The van der Waals surface area contributed by atoms with Gasteiger partial charge < -0.3 is 10.6 Å². The van der Waals surface area contributed by atoms with Gasteiger partial charge in [-0.2, -0.15) is 0 Å². The van der Waals surface area contributed by atoms with Gasteiger partial charge in [-0.1, -0.05) is 25.1 Å². The summed E-state index contributed by atoms with van der Waals surface area (Å²) in [7, 11) is 0. The zero-order chi connectivity index (χ0) is 15.2. The first-order chi connectivity index (χ1) is 10.1. The van der Waals surface area contributed by atoms with Gasteiger partial charge in [0.25, 0.3) is 5.91 Å². The van der Waals surface area contributed by atoms with Crippen LogP contribution in [0, 0.1) is 13.8 Å². The molecule has 0 saturated heterocycles. The summed E-state index contributed by atoms with van der Waals surface area (Å²) in [6.07, 6.45) is 3.97. The Balaban J connectivity index is 2.11. The first-order valence-corrected chi connectivity index (χ1v) is 7.05. The molecule has 0 spiro atoms. The monoisotopic (exact) mass is 284 g/mol. The first-order valence-electron chi connectivity index (χ1n) is 7.05. The maximum Gasteiger partial charge on any atom is 0.254 e. The molecule has 0 aliphatic heterocycles. The van der Waals surface area contributed by atoms with Crippen LogP contribution in [0.4, 0.5) is 11.6 Å². The molecule has 0 fully saturated rings. The van der Waals surface area contributed by atoms with Crippen LogP contribution in [0.5, 0.6) is 0 Å². The molecule has 2 aromatic rings. The molecule has 21 heavy (non-hydrogen) atoms. The fourth-order valence-electron chi connectivity index (χ4n) is 1.97. The number of nitrogens with one attached hydrogen (secondary N) is 2. The molecule has 2 rings (SSSR count). The van der Waals surface area contributed by atoms with Gasteiger partial charge >= 0.3 is 0 Å². The fraction of sp³-hybridized carbons (Fsp3) is 0.312. The summed E-state index contributed by atoms with van der Waals surface area (Å²) in [5.74, 6) is 0.343. The molecule has 1 aromatic heterocycles. The molecule has 0 saturated carbocycles. The van der Waals surface area contributed by atoms with Crippen molar-refractivity contribution >= 4 is 17.5 Å². The van der Waals surface area contributed by atoms with Gasteiger partial charge in [-0.05, 0) is 31.4 Å². The second-order valence-corrected chi connectivity index (χ2v) is 4.94. The van der Waals surface area contributed by atoms with Crippen molar-refractivity contribution < 1.29 is 4.79 Å². The van der Waals surface area contributed by atoms with E-state index in [1.807, 2.05) is 39.0 Å². The molecular formula is C16H20N4O. The van der Waals surface area contributed by atoms with Crippen molar-refractivity contribution in [2.75, 3.05) is 11.9 Å². The third-order valence-electron chi connectivity index (χ3n) is 3.17. The molecule has 5 heteroatoms. The van der Waals surface area contributed by atoms with Crippen molar-refractivity contribution in [3.05, 3.63) is 47.3 Å². The number of anilines is 2. The highest BCUT2D eigenvalue weighted by molar-refractivity contribution is 5.93. The van der Waals surface area contributed by atoms with Gasteiger partial charge in [0, 0.05) is 24.6 Å². The van der Waals surface area contributed by atoms with Gasteiger partial charge in [0.05, 0.1) is 5.56 Å². The Labute approximate surface area is 124 Å². The van der Waals surface area contributed by atoms with E-state index in [4.69, 9.17) is 0 Å². The van der Waals surface area contributed by atoms with E-state index in [1.54, 1.807) is 0 Å². The second-order valence-electron chi connectivity index (χ2n) is 4.94. The summed E-state index contributed by atoms with van der Waals surface area (Å²) in [5.41, 5.74) is 3.72. The highest BCUT2D eigenvalue weighted by atomic mass is 16.1. The number of rotatable bonds is 5. The third kappa shape index (κ3) is 3.78. The van der Waals surface area contributed by atoms with Crippen molar-refractivity contribution in [1.82, 2.24) is 15.3 Å². The molecule has 5 nitrogen and oxygen atoms in total. The van der Waals surface area contributed by atoms with Crippen LogP contribution in [-0.4, -0.2) is 22.4 Å². The summed E-state index contributed by atoms with van der Waals surface area (Å²) in [6.45, 7) is 6.72. The van der Waals surface area contributed by atoms with Crippen LogP contribution in [0.3, 0.4) is 0 Å². The Bertz CT molecular complexity index is 602. The lowest BCUT2D eigenvalue weighted by molar-refractivity contribution is 0.0953. The number of carbonyl (C=O) groups is 1. The quantitative estimate of drug-likeness (QED) is 0.885. The van der Waals surface area contributed by atoms with E-state index in [1.165, 1.54) is 12.4 Å². The first kappa shape index (κ1) is 15.0. The zero-order valence-corrected chi connectivity index (χ0v) is 12.6. The van der Waals surface area contributed by atoms with Crippen LogP contribution < -0.4 is 10.6 Å². The van der Waals surface area contributed by atoms with Gasteiger partial charge in [-0.3, -0.25) is 4.79 Å². The average Bonchev–Trinajstić information content (AvgIpc) is 2.49. The lowest BCUT2D eigenvalue weighted by Crippen LogP contribution is -2.24. The van der Waals surface area contributed by atoms with Gasteiger partial charge in [0.2, 0.25) is 5.95 Å². The van der Waals surface area contributed by atoms with Crippen molar-refractivity contribution in [1.29, 1.82) is 0 Å². The van der Waals surface area contributed by atoms with Crippen LogP contribution in [-0.2, 0) is 0 Å². The van der Waals surface area contributed by atoms with Gasteiger partial charge in [-0.15, -0.1) is 0 Å². The molecule has 0 unspecified atom stereocenters. The summed E-state index contributed by atoms with van der Waals surface area (Å²) < 4.78 is 0. The van der Waals surface area contributed by atoms with E-state index in [-0.39, 0.29) is 5.91 Å².